The third kappa shape index (κ3) is 2.82. The maximum atomic E-state index is 12.2. The van der Waals surface area contributed by atoms with Crippen molar-refractivity contribution in [1.29, 1.82) is 5.26 Å². The van der Waals surface area contributed by atoms with E-state index in [1.54, 1.807) is 0 Å². The van der Waals surface area contributed by atoms with Crippen LogP contribution in [0.1, 0.15) is 5.56 Å². The summed E-state index contributed by atoms with van der Waals surface area (Å²) in [6.07, 6.45) is 2.54. The van der Waals surface area contributed by atoms with E-state index in [9.17, 15) is 8.42 Å². The highest BCUT2D eigenvalue weighted by Gasteiger charge is 2.19. The number of aromatic nitrogens is 1. The second-order valence-electron chi connectivity index (χ2n) is 3.83. The number of hydrogen-bond donors (Lipinski definition) is 2. The van der Waals surface area contributed by atoms with Crippen LogP contribution >= 0.6 is 11.6 Å². The molecule has 0 spiro atoms. The summed E-state index contributed by atoms with van der Waals surface area (Å²) in [5.74, 6) is 0. The Morgan fingerprint density at radius 1 is 1.35 bits per heavy atom. The van der Waals surface area contributed by atoms with E-state index in [2.05, 4.69) is 9.71 Å². The van der Waals surface area contributed by atoms with Gasteiger partial charge in [-0.15, -0.1) is 0 Å². The molecule has 102 valence electrons. The quantitative estimate of drug-likeness (QED) is 0.901. The summed E-state index contributed by atoms with van der Waals surface area (Å²) in [5.41, 5.74) is 6.18. The topological polar surface area (TPSA) is 109 Å². The first kappa shape index (κ1) is 14.1. The second-order valence-corrected chi connectivity index (χ2v) is 5.88. The van der Waals surface area contributed by atoms with Crippen molar-refractivity contribution in [3.8, 4) is 6.07 Å². The molecule has 0 atom stereocenters. The molecule has 1 aromatic heterocycles. The Hall–Kier alpha value is -2.30. The van der Waals surface area contributed by atoms with Crippen molar-refractivity contribution in [2.45, 2.75) is 4.90 Å². The first-order valence-corrected chi connectivity index (χ1v) is 7.22. The lowest BCUT2D eigenvalue weighted by atomic mass is 10.2. The van der Waals surface area contributed by atoms with Crippen LogP contribution in [0.4, 0.5) is 11.4 Å². The van der Waals surface area contributed by atoms with Crippen LogP contribution in [0.15, 0.2) is 41.6 Å². The summed E-state index contributed by atoms with van der Waals surface area (Å²) in [5, 5.41) is 8.85. The molecule has 0 radical (unpaired) electrons. The first-order valence-electron chi connectivity index (χ1n) is 5.36. The third-order valence-corrected chi connectivity index (χ3v) is 4.17. The molecule has 0 aliphatic heterocycles. The summed E-state index contributed by atoms with van der Waals surface area (Å²) in [4.78, 5) is 3.59. The number of hydrogen-bond acceptors (Lipinski definition) is 5. The highest BCUT2D eigenvalue weighted by Crippen LogP contribution is 2.26. The van der Waals surface area contributed by atoms with Crippen LogP contribution < -0.4 is 10.5 Å². The van der Waals surface area contributed by atoms with Crippen LogP contribution in [-0.4, -0.2) is 13.4 Å². The van der Waals surface area contributed by atoms with E-state index in [-0.39, 0.29) is 21.3 Å². The maximum absolute atomic E-state index is 12.2. The molecule has 0 amide bonds. The Morgan fingerprint density at radius 2 is 2.10 bits per heavy atom. The van der Waals surface area contributed by atoms with Gasteiger partial charge in [-0.1, -0.05) is 11.6 Å². The summed E-state index contributed by atoms with van der Waals surface area (Å²) in [6.45, 7) is 0. The largest absolute Gasteiger partial charge is 0.398 e. The van der Waals surface area contributed by atoms with Crippen LogP contribution in [0.3, 0.4) is 0 Å². The van der Waals surface area contributed by atoms with Gasteiger partial charge in [0.2, 0.25) is 0 Å². The van der Waals surface area contributed by atoms with E-state index in [1.807, 2.05) is 6.07 Å². The van der Waals surface area contributed by atoms with Gasteiger partial charge < -0.3 is 5.73 Å². The zero-order valence-electron chi connectivity index (χ0n) is 10.0. The number of nitrogens with two attached hydrogens (primary N) is 1. The zero-order chi connectivity index (χ0) is 14.8. The van der Waals surface area contributed by atoms with E-state index >= 15 is 0 Å². The average Bonchev–Trinajstić information content (AvgIpc) is 2.41. The number of halogens is 1. The molecule has 1 heterocycles. The standard InChI is InChI=1S/C12H9ClN4O2S/c13-9-5-8(6-14)1-2-11(9)17-20(18,19)12-7-16-4-3-10(12)15/h1-5,7,17H,(H2,15,16). The zero-order valence-corrected chi connectivity index (χ0v) is 11.6. The van der Waals surface area contributed by atoms with Crippen molar-refractivity contribution in [3.63, 3.8) is 0 Å². The van der Waals surface area contributed by atoms with E-state index < -0.39 is 10.0 Å². The third-order valence-electron chi connectivity index (χ3n) is 2.45. The Bertz CT molecular complexity index is 799. The monoisotopic (exact) mass is 308 g/mol. The molecule has 20 heavy (non-hydrogen) atoms. The van der Waals surface area contributed by atoms with Gasteiger partial charge in [-0.2, -0.15) is 5.26 Å². The normalized spacial score (nSPS) is 10.8. The first-order chi connectivity index (χ1) is 9.44. The minimum atomic E-state index is -3.89. The summed E-state index contributed by atoms with van der Waals surface area (Å²) < 4.78 is 26.7. The van der Waals surface area contributed by atoms with Gasteiger partial charge in [0.25, 0.3) is 10.0 Å². The van der Waals surface area contributed by atoms with E-state index in [0.717, 1.165) is 6.20 Å². The van der Waals surface area contributed by atoms with E-state index in [4.69, 9.17) is 22.6 Å². The number of nitriles is 1. The van der Waals surface area contributed by atoms with Crippen molar-refractivity contribution >= 4 is 33.0 Å². The average molecular weight is 309 g/mol. The predicted octanol–water partition coefficient (Wildman–Crippen LogP) is 1.99. The summed E-state index contributed by atoms with van der Waals surface area (Å²) in [6, 6.07) is 7.52. The van der Waals surface area contributed by atoms with Gasteiger partial charge in [-0.25, -0.2) is 8.42 Å². The fourth-order valence-electron chi connectivity index (χ4n) is 1.48. The lowest BCUT2D eigenvalue weighted by Gasteiger charge is -2.10. The number of nitrogens with one attached hydrogen (secondary N) is 1. The molecule has 6 nitrogen and oxygen atoms in total. The van der Waals surface area contributed by atoms with Crippen LogP contribution in [0, 0.1) is 11.3 Å². The number of nitrogen functional groups attached to an aromatic ring is 1. The molecule has 0 saturated heterocycles. The predicted molar refractivity (Wildman–Crippen MR) is 75.6 cm³/mol. The minimum absolute atomic E-state index is 0.0808. The Balaban J connectivity index is 2.40. The van der Waals surface area contributed by atoms with Gasteiger partial charge in [0.1, 0.15) is 4.90 Å². The molecule has 0 unspecified atom stereocenters. The fourth-order valence-corrected chi connectivity index (χ4v) is 2.92. The molecule has 0 aliphatic carbocycles. The Labute approximate surface area is 120 Å². The molecular weight excluding hydrogens is 300 g/mol. The molecule has 0 saturated carbocycles. The molecule has 1 aromatic carbocycles. The van der Waals surface area contributed by atoms with Crippen molar-refractivity contribution in [3.05, 3.63) is 47.2 Å². The van der Waals surface area contributed by atoms with E-state index in [0.29, 0.717) is 5.56 Å². The number of rotatable bonds is 3. The number of anilines is 2. The number of sulfonamides is 1. The summed E-state index contributed by atoms with van der Waals surface area (Å²) in [7, 11) is -3.89. The van der Waals surface area contributed by atoms with E-state index in [1.165, 1.54) is 30.5 Å². The molecule has 2 aromatic rings. The summed E-state index contributed by atoms with van der Waals surface area (Å²) >= 11 is 5.92. The Kier molecular flexibility index (Phi) is 3.79. The van der Waals surface area contributed by atoms with Crippen molar-refractivity contribution in [2.24, 2.45) is 0 Å². The van der Waals surface area contributed by atoms with Crippen LogP contribution in [0.5, 0.6) is 0 Å². The van der Waals surface area contributed by atoms with Crippen molar-refractivity contribution in [1.82, 2.24) is 4.98 Å². The fraction of sp³-hybridized carbons (Fsp3) is 0. The molecule has 3 N–H and O–H groups in total. The van der Waals surface area contributed by atoms with Crippen LogP contribution in [-0.2, 0) is 10.0 Å². The second kappa shape index (κ2) is 5.36. The molecular formula is C12H9ClN4O2S. The van der Waals surface area contributed by atoms with Crippen LogP contribution in [0.25, 0.3) is 0 Å². The van der Waals surface area contributed by atoms with Gasteiger partial charge in [-0.05, 0) is 24.3 Å². The van der Waals surface area contributed by atoms with Gasteiger partial charge in [0.15, 0.2) is 0 Å². The van der Waals surface area contributed by atoms with Gasteiger partial charge in [0.05, 0.1) is 28.0 Å². The lowest BCUT2D eigenvalue weighted by Crippen LogP contribution is -2.15. The molecule has 8 heteroatoms. The minimum Gasteiger partial charge on any atom is -0.398 e. The highest BCUT2D eigenvalue weighted by atomic mass is 35.5. The number of nitrogens with zero attached hydrogens (tertiary/aromatic N) is 2. The van der Waals surface area contributed by atoms with Crippen molar-refractivity contribution < 1.29 is 8.42 Å². The Morgan fingerprint density at radius 3 is 2.70 bits per heavy atom. The lowest BCUT2D eigenvalue weighted by molar-refractivity contribution is 0.601. The van der Waals surface area contributed by atoms with Crippen molar-refractivity contribution in [2.75, 3.05) is 10.5 Å². The molecule has 0 bridgehead atoms. The SMILES string of the molecule is N#Cc1ccc(NS(=O)(=O)c2cnccc2N)c(Cl)c1. The smallest absolute Gasteiger partial charge is 0.265 e. The van der Waals surface area contributed by atoms with Gasteiger partial charge >= 0.3 is 0 Å². The highest BCUT2D eigenvalue weighted by molar-refractivity contribution is 7.92. The number of benzene rings is 1. The molecule has 0 aliphatic rings. The molecule has 2 rings (SSSR count). The van der Waals surface area contributed by atoms with Gasteiger partial charge in [0, 0.05) is 12.4 Å². The number of pyridine rings is 1. The maximum Gasteiger partial charge on any atom is 0.265 e. The molecule has 0 fully saturated rings. The van der Waals surface area contributed by atoms with Crippen LogP contribution in [0.2, 0.25) is 5.02 Å². The van der Waals surface area contributed by atoms with Gasteiger partial charge in [-0.3, -0.25) is 9.71 Å².